The topological polar surface area (TPSA) is 114 Å². The molecule has 1 aliphatic carbocycles. The number of phenolic OH excluding ortho intramolecular Hbond substituents is 1. The van der Waals surface area contributed by atoms with Crippen LogP contribution in [0.25, 0.3) is 6.08 Å². The molecule has 3 amide bonds. The Morgan fingerprint density at radius 3 is 2.61 bits per heavy atom. The van der Waals surface area contributed by atoms with Crippen LogP contribution in [0.5, 0.6) is 11.5 Å². The van der Waals surface area contributed by atoms with E-state index in [0.29, 0.717) is 5.56 Å². The van der Waals surface area contributed by atoms with Gasteiger partial charge >= 0.3 is 12.0 Å². The number of phenols is 1. The number of methoxy groups -OCH3 is 1. The number of benzene rings is 1. The zero-order valence-corrected chi connectivity index (χ0v) is 16.1. The highest BCUT2D eigenvalue weighted by Crippen LogP contribution is 2.26. The van der Waals surface area contributed by atoms with Gasteiger partial charge in [0.1, 0.15) is 0 Å². The number of rotatable bonds is 6. The van der Waals surface area contributed by atoms with Crippen LogP contribution in [0.2, 0.25) is 0 Å². The molecule has 0 aromatic heterocycles. The lowest BCUT2D eigenvalue weighted by Crippen LogP contribution is -2.48. The minimum absolute atomic E-state index is 0.0148. The molecule has 28 heavy (non-hydrogen) atoms. The molecule has 0 saturated heterocycles. The standard InChI is InChI=1S/C20H26N2O6/c1-13(19(25)22-20(26)21-15-6-4-3-5-7-15)28-18(24)11-9-14-8-10-16(23)17(12-14)27-2/h8-13,15,23H,3-7H2,1-2H3,(H2,21,22,25,26)/b11-9+/t13-/m0/s1. The Morgan fingerprint density at radius 2 is 1.93 bits per heavy atom. The molecule has 1 atom stereocenters. The molecule has 0 spiro atoms. The lowest BCUT2D eigenvalue weighted by atomic mass is 9.96. The first-order chi connectivity index (χ1) is 13.4. The smallest absolute Gasteiger partial charge is 0.331 e. The van der Waals surface area contributed by atoms with Gasteiger partial charge in [0.05, 0.1) is 7.11 Å². The number of ether oxygens (including phenoxy) is 2. The van der Waals surface area contributed by atoms with Crippen LogP contribution >= 0.6 is 0 Å². The maximum Gasteiger partial charge on any atom is 0.331 e. The van der Waals surface area contributed by atoms with Gasteiger partial charge in [-0.15, -0.1) is 0 Å². The molecule has 0 bridgehead atoms. The highest BCUT2D eigenvalue weighted by Gasteiger charge is 2.21. The van der Waals surface area contributed by atoms with E-state index in [-0.39, 0.29) is 17.5 Å². The molecule has 1 aliphatic rings. The van der Waals surface area contributed by atoms with Gasteiger partial charge in [0.2, 0.25) is 0 Å². The number of esters is 1. The molecule has 0 radical (unpaired) electrons. The van der Waals surface area contributed by atoms with Gasteiger partial charge in [-0.05, 0) is 43.5 Å². The summed E-state index contributed by atoms with van der Waals surface area (Å²) in [5, 5.41) is 14.5. The number of carbonyl (C=O) groups excluding carboxylic acids is 3. The third kappa shape index (κ3) is 6.61. The summed E-state index contributed by atoms with van der Waals surface area (Å²) < 4.78 is 10.00. The van der Waals surface area contributed by atoms with E-state index in [1.165, 1.54) is 26.2 Å². The molecule has 1 aromatic carbocycles. The van der Waals surface area contributed by atoms with E-state index in [4.69, 9.17) is 9.47 Å². The van der Waals surface area contributed by atoms with Crippen molar-refractivity contribution in [2.75, 3.05) is 7.11 Å². The maximum absolute atomic E-state index is 12.0. The fourth-order valence-electron chi connectivity index (χ4n) is 2.91. The fraction of sp³-hybridized carbons (Fsp3) is 0.450. The zero-order valence-electron chi connectivity index (χ0n) is 16.1. The molecule has 8 nitrogen and oxygen atoms in total. The van der Waals surface area contributed by atoms with Gasteiger partial charge in [0, 0.05) is 12.1 Å². The van der Waals surface area contributed by atoms with Gasteiger partial charge in [-0.1, -0.05) is 25.3 Å². The van der Waals surface area contributed by atoms with Crippen LogP contribution in [-0.4, -0.2) is 42.3 Å². The van der Waals surface area contributed by atoms with Crippen molar-refractivity contribution in [2.45, 2.75) is 51.2 Å². The number of carbonyl (C=O) groups is 3. The first kappa shape index (κ1) is 21.3. The van der Waals surface area contributed by atoms with E-state index < -0.39 is 24.0 Å². The van der Waals surface area contributed by atoms with E-state index in [1.54, 1.807) is 12.1 Å². The van der Waals surface area contributed by atoms with Crippen LogP contribution in [0.3, 0.4) is 0 Å². The number of hydrogen-bond donors (Lipinski definition) is 3. The van der Waals surface area contributed by atoms with Crippen molar-refractivity contribution in [3.8, 4) is 11.5 Å². The van der Waals surface area contributed by atoms with Crippen LogP contribution in [0, 0.1) is 0 Å². The molecule has 1 aromatic rings. The Bertz CT molecular complexity index is 740. The second kappa shape index (κ2) is 10.3. The molecule has 0 aliphatic heterocycles. The molecule has 0 unspecified atom stereocenters. The second-order valence-electron chi connectivity index (χ2n) is 6.64. The SMILES string of the molecule is COc1cc(/C=C/C(=O)O[C@@H](C)C(=O)NC(=O)NC2CCCCC2)ccc1O. The largest absolute Gasteiger partial charge is 0.504 e. The second-order valence-corrected chi connectivity index (χ2v) is 6.64. The van der Waals surface area contributed by atoms with Crippen molar-refractivity contribution in [1.29, 1.82) is 0 Å². The average Bonchev–Trinajstić information content (AvgIpc) is 2.67. The third-order valence-electron chi connectivity index (χ3n) is 4.45. The van der Waals surface area contributed by atoms with Crippen molar-refractivity contribution >= 4 is 24.0 Å². The zero-order chi connectivity index (χ0) is 20.5. The molecule has 0 heterocycles. The van der Waals surface area contributed by atoms with E-state index in [2.05, 4.69) is 10.6 Å². The highest BCUT2D eigenvalue weighted by atomic mass is 16.5. The van der Waals surface area contributed by atoms with Gasteiger partial charge in [-0.3, -0.25) is 10.1 Å². The molecular weight excluding hydrogens is 364 g/mol. The van der Waals surface area contributed by atoms with Crippen molar-refractivity contribution in [3.63, 3.8) is 0 Å². The quantitative estimate of drug-likeness (QED) is 0.508. The first-order valence-electron chi connectivity index (χ1n) is 9.26. The maximum atomic E-state index is 12.0. The lowest BCUT2D eigenvalue weighted by molar-refractivity contribution is -0.149. The van der Waals surface area contributed by atoms with Crippen LogP contribution in [0.4, 0.5) is 4.79 Å². The van der Waals surface area contributed by atoms with Crippen LogP contribution in [0.15, 0.2) is 24.3 Å². The molecule has 1 fully saturated rings. The predicted octanol–water partition coefficient (Wildman–Crippen LogP) is 2.50. The predicted molar refractivity (Wildman–Crippen MR) is 103 cm³/mol. The molecular formula is C20H26N2O6. The Kier molecular flexibility index (Phi) is 7.86. The number of amides is 3. The Morgan fingerprint density at radius 1 is 1.21 bits per heavy atom. The Hall–Kier alpha value is -3.03. The van der Waals surface area contributed by atoms with Crippen LogP contribution in [0.1, 0.15) is 44.6 Å². The van der Waals surface area contributed by atoms with Gasteiger partial charge in [0.25, 0.3) is 5.91 Å². The summed E-state index contributed by atoms with van der Waals surface area (Å²) in [6, 6.07) is 4.07. The average molecular weight is 390 g/mol. The summed E-state index contributed by atoms with van der Waals surface area (Å²) in [7, 11) is 1.42. The summed E-state index contributed by atoms with van der Waals surface area (Å²) in [6.45, 7) is 1.39. The molecule has 8 heteroatoms. The van der Waals surface area contributed by atoms with Gasteiger partial charge < -0.3 is 19.9 Å². The molecule has 2 rings (SSSR count). The summed E-state index contributed by atoms with van der Waals surface area (Å²) in [6.07, 6.45) is 6.58. The minimum atomic E-state index is -1.12. The van der Waals surface area contributed by atoms with Crippen molar-refractivity contribution in [1.82, 2.24) is 10.6 Å². The van der Waals surface area contributed by atoms with Crippen LogP contribution in [-0.2, 0) is 14.3 Å². The summed E-state index contributed by atoms with van der Waals surface area (Å²) >= 11 is 0. The molecule has 1 saturated carbocycles. The van der Waals surface area contributed by atoms with E-state index in [0.717, 1.165) is 38.2 Å². The number of nitrogens with one attached hydrogen (secondary N) is 2. The Labute approximate surface area is 163 Å². The fourth-order valence-corrected chi connectivity index (χ4v) is 2.91. The summed E-state index contributed by atoms with van der Waals surface area (Å²) in [4.78, 5) is 35.8. The number of urea groups is 1. The van der Waals surface area contributed by atoms with E-state index in [9.17, 15) is 19.5 Å². The van der Waals surface area contributed by atoms with Crippen molar-refractivity contribution in [3.05, 3.63) is 29.8 Å². The van der Waals surface area contributed by atoms with E-state index >= 15 is 0 Å². The number of imide groups is 1. The lowest BCUT2D eigenvalue weighted by Gasteiger charge is -2.23. The van der Waals surface area contributed by atoms with E-state index in [1.807, 2.05) is 0 Å². The number of aromatic hydroxyl groups is 1. The van der Waals surface area contributed by atoms with Crippen LogP contribution < -0.4 is 15.4 Å². The van der Waals surface area contributed by atoms with Gasteiger partial charge in [-0.2, -0.15) is 0 Å². The van der Waals surface area contributed by atoms with Crippen molar-refractivity contribution in [2.24, 2.45) is 0 Å². The summed E-state index contributed by atoms with van der Waals surface area (Å²) in [5.41, 5.74) is 0.607. The summed E-state index contributed by atoms with van der Waals surface area (Å²) in [5.74, 6) is -1.17. The monoisotopic (exact) mass is 390 g/mol. The Balaban J connectivity index is 1.80. The van der Waals surface area contributed by atoms with Gasteiger partial charge in [-0.25, -0.2) is 9.59 Å². The molecule has 3 N–H and O–H groups in total. The molecule has 152 valence electrons. The minimum Gasteiger partial charge on any atom is -0.504 e. The van der Waals surface area contributed by atoms with Gasteiger partial charge in [0.15, 0.2) is 17.6 Å². The highest BCUT2D eigenvalue weighted by molar-refractivity contribution is 5.98. The normalized spacial score (nSPS) is 15.6. The van der Waals surface area contributed by atoms with Crippen molar-refractivity contribution < 1.29 is 29.0 Å². The number of hydrogen-bond acceptors (Lipinski definition) is 6. The first-order valence-corrected chi connectivity index (χ1v) is 9.26. The third-order valence-corrected chi connectivity index (χ3v) is 4.45.